The van der Waals surface area contributed by atoms with Crippen molar-refractivity contribution in [3.63, 3.8) is 0 Å². The van der Waals surface area contributed by atoms with Crippen molar-refractivity contribution >= 4 is 22.6 Å². The van der Waals surface area contributed by atoms with E-state index in [0.29, 0.717) is 10.9 Å². The molecular formula is C19H14F3NO4. The third-order valence-corrected chi connectivity index (χ3v) is 4.11. The average Bonchev–Trinajstić information content (AvgIpc) is 2.58. The molecule has 1 aromatic heterocycles. The molecule has 0 spiro atoms. The Balaban J connectivity index is 1.92. The quantitative estimate of drug-likeness (QED) is 0.676. The predicted octanol–water partition coefficient (Wildman–Crippen LogP) is 4.01. The van der Waals surface area contributed by atoms with Crippen LogP contribution in [0.25, 0.3) is 11.0 Å². The van der Waals surface area contributed by atoms with Gasteiger partial charge in [0.2, 0.25) is 5.91 Å². The fourth-order valence-corrected chi connectivity index (χ4v) is 2.78. The number of halogens is 3. The van der Waals surface area contributed by atoms with Crippen molar-refractivity contribution in [2.24, 2.45) is 0 Å². The zero-order valence-electron chi connectivity index (χ0n) is 14.1. The first-order valence-electron chi connectivity index (χ1n) is 7.88. The lowest BCUT2D eigenvalue weighted by Gasteiger charge is -2.14. The molecule has 1 heterocycles. The molecule has 0 aliphatic carbocycles. The number of rotatable bonds is 3. The molecule has 2 N–H and O–H groups in total. The zero-order valence-corrected chi connectivity index (χ0v) is 14.1. The number of carbonyl (C=O) groups excluding carboxylic acids is 1. The summed E-state index contributed by atoms with van der Waals surface area (Å²) >= 11 is 0. The minimum atomic E-state index is -4.62. The van der Waals surface area contributed by atoms with Crippen molar-refractivity contribution in [2.75, 3.05) is 5.32 Å². The van der Waals surface area contributed by atoms with Crippen molar-refractivity contribution in [3.8, 4) is 5.75 Å². The topological polar surface area (TPSA) is 79.5 Å². The lowest BCUT2D eigenvalue weighted by molar-refractivity contribution is -0.137. The highest BCUT2D eigenvalue weighted by molar-refractivity contribution is 5.94. The number of nitrogens with one attached hydrogen (secondary N) is 1. The highest BCUT2D eigenvalue weighted by atomic mass is 19.4. The van der Waals surface area contributed by atoms with Crippen molar-refractivity contribution in [1.82, 2.24) is 0 Å². The van der Waals surface area contributed by atoms with Gasteiger partial charge in [0.1, 0.15) is 11.3 Å². The van der Waals surface area contributed by atoms with Gasteiger partial charge in [-0.15, -0.1) is 0 Å². The second-order valence-electron chi connectivity index (χ2n) is 5.94. The SMILES string of the molecule is Cc1c(CC(=O)Nc2ccccc2C(F)(F)F)c(=O)oc2cc(O)ccc12. The van der Waals surface area contributed by atoms with Crippen LogP contribution in [0.1, 0.15) is 16.7 Å². The number of anilines is 1. The Bertz CT molecular complexity index is 1090. The number of fused-ring (bicyclic) bond motifs is 1. The Morgan fingerprint density at radius 3 is 2.59 bits per heavy atom. The first kappa shape index (κ1) is 18.5. The van der Waals surface area contributed by atoms with Gasteiger partial charge >= 0.3 is 11.8 Å². The lowest BCUT2D eigenvalue weighted by Crippen LogP contribution is -2.22. The molecule has 0 saturated carbocycles. The Hall–Kier alpha value is -3.29. The average molecular weight is 377 g/mol. The molecule has 0 aliphatic heterocycles. The lowest BCUT2D eigenvalue weighted by atomic mass is 10.0. The molecule has 0 bridgehead atoms. The van der Waals surface area contributed by atoms with Crippen molar-refractivity contribution in [1.29, 1.82) is 0 Å². The van der Waals surface area contributed by atoms with Crippen LogP contribution in [0.5, 0.6) is 5.75 Å². The molecule has 8 heteroatoms. The van der Waals surface area contributed by atoms with E-state index < -0.39 is 29.7 Å². The summed E-state index contributed by atoms with van der Waals surface area (Å²) in [6, 6.07) is 8.79. The largest absolute Gasteiger partial charge is 0.508 e. The number of aryl methyl sites for hydroxylation is 1. The minimum Gasteiger partial charge on any atom is -0.508 e. The van der Waals surface area contributed by atoms with Gasteiger partial charge in [0, 0.05) is 11.5 Å². The third-order valence-electron chi connectivity index (χ3n) is 4.11. The van der Waals surface area contributed by atoms with Crippen molar-refractivity contribution in [2.45, 2.75) is 19.5 Å². The molecule has 3 rings (SSSR count). The van der Waals surface area contributed by atoms with Crippen LogP contribution >= 0.6 is 0 Å². The van der Waals surface area contributed by atoms with E-state index in [1.54, 1.807) is 6.92 Å². The summed E-state index contributed by atoms with van der Waals surface area (Å²) in [6.45, 7) is 1.60. The summed E-state index contributed by atoms with van der Waals surface area (Å²) in [6.07, 6.45) is -5.07. The van der Waals surface area contributed by atoms with Crippen LogP contribution in [-0.2, 0) is 17.4 Å². The van der Waals surface area contributed by atoms with Gasteiger partial charge in [-0.3, -0.25) is 4.79 Å². The molecular weight excluding hydrogens is 363 g/mol. The van der Waals surface area contributed by atoms with Crippen LogP contribution in [0.3, 0.4) is 0 Å². The van der Waals surface area contributed by atoms with Crippen LogP contribution in [0, 0.1) is 6.92 Å². The van der Waals surface area contributed by atoms with Gasteiger partial charge in [0.05, 0.1) is 23.2 Å². The Morgan fingerprint density at radius 1 is 1.19 bits per heavy atom. The predicted molar refractivity (Wildman–Crippen MR) is 92.7 cm³/mol. The Labute approximate surface area is 151 Å². The molecule has 0 aliphatic rings. The summed E-state index contributed by atoms with van der Waals surface area (Å²) in [5, 5.41) is 12.2. The van der Waals surface area contributed by atoms with Gasteiger partial charge in [-0.25, -0.2) is 4.79 Å². The maximum atomic E-state index is 13.0. The summed E-state index contributed by atoms with van der Waals surface area (Å²) in [4.78, 5) is 24.4. The van der Waals surface area contributed by atoms with E-state index in [-0.39, 0.29) is 22.6 Å². The number of benzene rings is 2. The first-order chi connectivity index (χ1) is 12.7. The highest BCUT2D eigenvalue weighted by Crippen LogP contribution is 2.34. The Morgan fingerprint density at radius 2 is 1.89 bits per heavy atom. The summed E-state index contributed by atoms with van der Waals surface area (Å²) < 4.78 is 44.2. The number of para-hydroxylation sites is 1. The van der Waals surface area contributed by atoms with Crippen LogP contribution in [-0.4, -0.2) is 11.0 Å². The van der Waals surface area contributed by atoms with Gasteiger partial charge in [-0.1, -0.05) is 12.1 Å². The van der Waals surface area contributed by atoms with Gasteiger partial charge in [0.15, 0.2) is 0 Å². The number of aromatic hydroxyl groups is 1. The zero-order chi connectivity index (χ0) is 19.8. The summed E-state index contributed by atoms with van der Waals surface area (Å²) in [7, 11) is 0. The number of phenols is 1. The summed E-state index contributed by atoms with van der Waals surface area (Å²) in [5.41, 5.74) is -1.50. The van der Waals surface area contributed by atoms with E-state index in [1.807, 2.05) is 0 Å². The van der Waals surface area contributed by atoms with Gasteiger partial charge < -0.3 is 14.8 Å². The third kappa shape index (κ3) is 3.79. The Kier molecular flexibility index (Phi) is 4.65. The maximum absolute atomic E-state index is 13.0. The van der Waals surface area contributed by atoms with Gasteiger partial charge in [-0.05, 0) is 36.8 Å². The molecule has 0 radical (unpaired) electrons. The van der Waals surface area contributed by atoms with Gasteiger partial charge in [0.25, 0.3) is 0 Å². The molecule has 0 saturated heterocycles. The number of hydrogen-bond acceptors (Lipinski definition) is 4. The summed E-state index contributed by atoms with van der Waals surface area (Å²) in [5.74, 6) is -0.862. The standard InChI is InChI=1S/C19H14F3NO4/c1-10-12-7-6-11(24)8-16(12)27-18(26)13(10)9-17(25)23-15-5-3-2-4-14(15)19(20,21)22/h2-8,24H,9H2,1H3,(H,23,25). The fraction of sp³-hybridized carbons (Fsp3) is 0.158. The fourth-order valence-electron chi connectivity index (χ4n) is 2.78. The van der Waals surface area contributed by atoms with Crippen molar-refractivity contribution in [3.05, 3.63) is 69.6 Å². The number of hydrogen-bond donors (Lipinski definition) is 2. The molecule has 0 unspecified atom stereocenters. The molecule has 2 aromatic carbocycles. The first-order valence-corrected chi connectivity index (χ1v) is 7.88. The molecule has 1 amide bonds. The molecule has 27 heavy (non-hydrogen) atoms. The highest BCUT2D eigenvalue weighted by Gasteiger charge is 2.33. The molecule has 140 valence electrons. The molecule has 5 nitrogen and oxygen atoms in total. The van der Waals surface area contributed by atoms with Crippen LogP contribution in [0.2, 0.25) is 0 Å². The molecule has 0 atom stereocenters. The second-order valence-corrected chi connectivity index (χ2v) is 5.94. The normalized spacial score (nSPS) is 11.6. The minimum absolute atomic E-state index is 0.0372. The molecule has 3 aromatic rings. The number of amides is 1. The second kappa shape index (κ2) is 6.79. The number of alkyl halides is 3. The van der Waals surface area contributed by atoms with E-state index in [4.69, 9.17) is 4.42 Å². The van der Waals surface area contributed by atoms with E-state index >= 15 is 0 Å². The van der Waals surface area contributed by atoms with Crippen LogP contribution in [0.4, 0.5) is 18.9 Å². The molecule has 0 fully saturated rings. The number of carbonyl (C=O) groups is 1. The van der Waals surface area contributed by atoms with Crippen LogP contribution < -0.4 is 10.9 Å². The van der Waals surface area contributed by atoms with Crippen molar-refractivity contribution < 1.29 is 27.5 Å². The van der Waals surface area contributed by atoms with E-state index in [2.05, 4.69) is 5.32 Å². The van der Waals surface area contributed by atoms with E-state index in [1.165, 1.54) is 30.3 Å². The van der Waals surface area contributed by atoms with E-state index in [9.17, 15) is 27.9 Å². The van der Waals surface area contributed by atoms with Crippen LogP contribution in [0.15, 0.2) is 51.7 Å². The number of phenolic OH excluding ortho intramolecular Hbond substituents is 1. The van der Waals surface area contributed by atoms with E-state index in [0.717, 1.165) is 12.1 Å². The van der Waals surface area contributed by atoms with Gasteiger partial charge in [-0.2, -0.15) is 13.2 Å². The maximum Gasteiger partial charge on any atom is 0.418 e. The smallest absolute Gasteiger partial charge is 0.418 e. The monoisotopic (exact) mass is 377 g/mol.